The number of hydrogen-bond acceptors (Lipinski definition) is 3. The van der Waals surface area contributed by atoms with Crippen LogP contribution in [0.4, 0.5) is 0 Å². The van der Waals surface area contributed by atoms with Gasteiger partial charge in [0, 0.05) is 0 Å². The van der Waals surface area contributed by atoms with Crippen molar-refractivity contribution < 1.29 is 14.6 Å². The Morgan fingerprint density at radius 3 is 2.50 bits per heavy atom. The Kier molecular flexibility index (Phi) is 0.569. The number of esters is 1. The van der Waals surface area contributed by atoms with Crippen LogP contribution in [0, 0.1) is 0 Å². The van der Waals surface area contributed by atoms with Crippen LogP contribution >= 0.6 is 0 Å². The maximum atomic E-state index is 9.73. The molecule has 0 bridgehead atoms. The van der Waals surface area contributed by atoms with E-state index in [1.165, 1.54) is 0 Å². The van der Waals surface area contributed by atoms with Gasteiger partial charge in [-0.1, -0.05) is 0 Å². The lowest BCUT2D eigenvalue weighted by Crippen LogP contribution is -2.31. The molecule has 0 radical (unpaired) electrons. The first kappa shape index (κ1) is 3.61. The van der Waals surface area contributed by atoms with E-state index in [1.807, 2.05) is 0 Å². The van der Waals surface area contributed by atoms with Crippen LogP contribution in [0.15, 0.2) is 0 Å². The van der Waals surface area contributed by atoms with E-state index >= 15 is 0 Å². The van der Waals surface area contributed by atoms with E-state index in [2.05, 4.69) is 4.74 Å². The van der Waals surface area contributed by atoms with E-state index < -0.39 is 6.29 Å². The molecule has 1 aliphatic heterocycles. The van der Waals surface area contributed by atoms with Crippen molar-refractivity contribution in [1.82, 2.24) is 0 Å². The second-order valence-electron chi connectivity index (χ2n) is 1.15. The zero-order valence-electron chi connectivity index (χ0n) is 3.05. The van der Waals surface area contributed by atoms with Crippen molar-refractivity contribution in [2.24, 2.45) is 0 Å². The summed E-state index contributed by atoms with van der Waals surface area (Å²) < 4.78 is 4.06. The fourth-order valence-electron chi connectivity index (χ4n) is 0.285. The number of aliphatic hydroxyl groups excluding tert-OH is 1. The standard InChI is InChI=1S/C3H4O3/c4-2-1-3(5)6-2/h2,4H,1H2/t2-/m1/s1. The molecular weight excluding hydrogens is 84.0 g/mol. The SMILES string of the molecule is O=C1C[C@H](O)O1. The Hall–Kier alpha value is -0.570. The minimum absolute atomic E-state index is 0.167. The molecule has 0 spiro atoms. The Labute approximate surface area is 34.5 Å². The maximum Gasteiger partial charge on any atom is 0.314 e. The lowest BCUT2D eigenvalue weighted by Gasteiger charge is -2.18. The maximum absolute atomic E-state index is 9.73. The van der Waals surface area contributed by atoms with Crippen molar-refractivity contribution in [3.05, 3.63) is 0 Å². The fraction of sp³-hybridized carbons (Fsp3) is 0.667. The summed E-state index contributed by atoms with van der Waals surface area (Å²) in [6.45, 7) is 0. The summed E-state index contributed by atoms with van der Waals surface area (Å²) in [7, 11) is 0. The Bertz CT molecular complexity index is 70.1. The van der Waals surface area contributed by atoms with E-state index in [9.17, 15) is 4.79 Å². The highest BCUT2D eigenvalue weighted by molar-refractivity contribution is 5.74. The molecule has 1 aliphatic rings. The third-order valence-electron chi connectivity index (χ3n) is 0.609. The molecule has 3 heteroatoms. The molecule has 6 heavy (non-hydrogen) atoms. The van der Waals surface area contributed by atoms with Gasteiger partial charge in [-0.3, -0.25) is 4.79 Å². The molecule has 0 aromatic heterocycles. The lowest BCUT2D eigenvalue weighted by molar-refractivity contribution is -0.202. The summed E-state index contributed by atoms with van der Waals surface area (Å²) in [5.74, 6) is -0.317. The van der Waals surface area contributed by atoms with E-state index in [1.54, 1.807) is 0 Å². The molecule has 1 atom stereocenters. The van der Waals surface area contributed by atoms with Crippen molar-refractivity contribution in [2.45, 2.75) is 12.7 Å². The largest absolute Gasteiger partial charge is 0.435 e. The minimum Gasteiger partial charge on any atom is -0.435 e. The molecule has 0 aromatic carbocycles. The highest BCUT2D eigenvalue weighted by atomic mass is 16.7. The molecule has 3 nitrogen and oxygen atoms in total. The lowest BCUT2D eigenvalue weighted by atomic mass is 10.3. The zero-order valence-corrected chi connectivity index (χ0v) is 3.05. The monoisotopic (exact) mass is 88.0 g/mol. The quantitative estimate of drug-likeness (QED) is 0.396. The number of aliphatic hydroxyl groups is 1. The highest BCUT2D eigenvalue weighted by Gasteiger charge is 2.24. The molecule has 1 saturated heterocycles. The van der Waals surface area contributed by atoms with Gasteiger partial charge in [0.1, 0.15) is 6.42 Å². The smallest absolute Gasteiger partial charge is 0.314 e. The van der Waals surface area contributed by atoms with Gasteiger partial charge in [0.2, 0.25) is 6.29 Å². The summed E-state index contributed by atoms with van der Waals surface area (Å²) in [5.41, 5.74) is 0. The average Bonchev–Trinajstić information content (AvgIpc) is 1.33. The molecule has 1 fully saturated rings. The summed E-state index contributed by atoms with van der Waals surface area (Å²) in [6.07, 6.45) is -0.641. The Morgan fingerprint density at radius 2 is 2.50 bits per heavy atom. The first-order valence-electron chi connectivity index (χ1n) is 1.66. The summed E-state index contributed by atoms with van der Waals surface area (Å²) in [4.78, 5) is 9.73. The average molecular weight is 88.1 g/mol. The second-order valence-corrected chi connectivity index (χ2v) is 1.15. The third-order valence-corrected chi connectivity index (χ3v) is 0.609. The van der Waals surface area contributed by atoms with Crippen molar-refractivity contribution >= 4 is 5.97 Å². The molecule has 0 amide bonds. The van der Waals surface area contributed by atoms with Gasteiger partial charge in [0.05, 0.1) is 0 Å². The van der Waals surface area contributed by atoms with Gasteiger partial charge in [0.15, 0.2) is 0 Å². The van der Waals surface area contributed by atoms with Gasteiger partial charge in [-0.15, -0.1) is 0 Å². The molecule has 0 unspecified atom stereocenters. The second kappa shape index (κ2) is 0.944. The number of hydrogen-bond donors (Lipinski definition) is 1. The normalized spacial score (nSPS) is 31.5. The van der Waals surface area contributed by atoms with Crippen LogP contribution < -0.4 is 0 Å². The van der Waals surface area contributed by atoms with Crippen molar-refractivity contribution in [3.63, 3.8) is 0 Å². The molecule has 0 saturated carbocycles. The van der Waals surface area contributed by atoms with Gasteiger partial charge in [-0.05, 0) is 0 Å². The van der Waals surface area contributed by atoms with Crippen LogP contribution in [0.2, 0.25) is 0 Å². The van der Waals surface area contributed by atoms with Crippen molar-refractivity contribution in [3.8, 4) is 0 Å². The fourth-order valence-corrected chi connectivity index (χ4v) is 0.285. The topological polar surface area (TPSA) is 46.5 Å². The molecule has 34 valence electrons. The van der Waals surface area contributed by atoms with Gasteiger partial charge in [0.25, 0.3) is 0 Å². The van der Waals surface area contributed by atoms with E-state index in [0.29, 0.717) is 0 Å². The number of rotatable bonds is 0. The van der Waals surface area contributed by atoms with Crippen LogP contribution in [-0.2, 0) is 9.53 Å². The van der Waals surface area contributed by atoms with Crippen LogP contribution in [0.5, 0.6) is 0 Å². The van der Waals surface area contributed by atoms with E-state index in [4.69, 9.17) is 5.11 Å². The van der Waals surface area contributed by atoms with Crippen LogP contribution in [0.3, 0.4) is 0 Å². The van der Waals surface area contributed by atoms with Gasteiger partial charge >= 0.3 is 5.97 Å². The molecule has 1 rings (SSSR count). The van der Waals surface area contributed by atoms with Crippen LogP contribution in [0.25, 0.3) is 0 Å². The summed E-state index contributed by atoms with van der Waals surface area (Å²) in [5, 5.41) is 8.18. The molecule has 1 heterocycles. The number of cyclic esters (lactones) is 1. The Morgan fingerprint density at radius 1 is 2.00 bits per heavy atom. The Balaban J connectivity index is 2.28. The highest BCUT2D eigenvalue weighted by Crippen LogP contribution is 2.07. The van der Waals surface area contributed by atoms with Crippen LogP contribution in [-0.4, -0.2) is 17.4 Å². The first-order chi connectivity index (χ1) is 2.79. The van der Waals surface area contributed by atoms with Gasteiger partial charge in [-0.25, -0.2) is 0 Å². The van der Waals surface area contributed by atoms with Crippen molar-refractivity contribution in [1.29, 1.82) is 0 Å². The molecule has 1 N–H and O–H groups in total. The number of carbonyl (C=O) groups excluding carboxylic acids is 1. The molecule has 0 aliphatic carbocycles. The van der Waals surface area contributed by atoms with Crippen LogP contribution in [0.1, 0.15) is 6.42 Å². The molecular formula is C3H4O3. The molecule has 0 aromatic rings. The summed E-state index contributed by atoms with van der Waals surface area (Å²) in [6, 6.07) is 0. The van der Waals surface area contributed by atoms with Gasteiger partial charge in [-0.2, -0.15) is 0 Å². The number of ether oxygens (including phenoxy) is 1. The predicted octanol–water partition coefficient (Wildman–Crippen LogP) is -0.748. The van der Waals surface area contributed by atoms with Gasteiger partial charge < -0.3 is 9.84 Å². The predicted molar refractivity (Wildman–Crippen MR) is 16.7 cm³/mol. The zero-order chi connectivity index (χ0) is 4.57. The van der Waals surface area contributed by atoms with E-state index in [0.717, 1.165) is 0 Å². The minimum atomic E-state index is -0.808. The summed E-state index contributed by atoms with van der Waals surface area (Å²) >= 11 is 0. The number of carbonyl (C=O) groups is 1. The van der Waals surface area contributed by atoms with E-state index in [-0.39, 0.29) is 12.4 Å². The third kappa shape index (κ3) is 0.367. The van der Waals surface area contributed by atoms with Crippen molar-refractivity contribution in [2.75, 3.05) is 0 Å². The first-order valence-corrected chi connectivity index (χ1v) is 1.66.